The first kappa shape index (κ1) is 16.6. The van der Waals surface area contributed by atoms with Crippen LogP contribution in [0, 0.1) is 6.92 Å². The molecule has 0 atom stereocenters. The van der Waals surface area contributed by atoms with Gasteiger partial charge in [-0.3, -0.25) is 0 Å². The van der Waals surface area contributed by atoms with Crippen LogP contribution < -0.4 is 9.47 Å². The van der Waals surface area contributed by atoms with E-state index in [0.29, 0.717) is 21.5 Å². The predicted molar refractivity (Wildman–Crippen MR) is 96.3 cm³/mol. The minimum Gasteiger partial charge on any atom is -0.480 e. The maximum atomic E-state index is 12.1. The molecule has 3 aromatic carbocycles. The second-order valence-electron chi connectivity index (χ2n) is 5.29. The Morgan fingerprint density at radius 1 is 0.917 bits per heavy atom. The van der Waals surface area contributed by atoms with Gasteiger partial charge in [-0.15, -0.1) is 0 Å². The molecule has 0 amide bonds. The zero-order chi connectivity index (χ0) is 17.1. The summed E-state index contributed by atoms with van der Waals surface area (Å²) in [5, 5.41) is 2.65. The molecule has 0 radical (unpaired) electrons. The zero-order valence-electron chi connectivity index (χ0n) is 12.9. The average molecular weight is 361 g/mol. The third-order valence-electron chi connectivity index (χ3n) is 3.49. The number of ether oxygens (including phenoxy) is 2. The Morgan fingerprint density at radius 2 is 1.62 bits per heavy atom. The van der Waals surface area contributed by atoms with E-state index in [9.17, 15) is 4.79 Å². The first-order chi connectivity index (χ1) is 11.5. The molecule has 0 unspecified atom stereocenters. The number of benzene rings is 3. The summed E-state index contributed by atoms with van der Waals surface area (Å²) < 4.78 is 10.9. The molecule has 0 heterocycles. The van der Waals surface area contributed by atoms with E-state index in [1.165, 1.54) is 0 Å². The average Bonchev–Trinajstić information content (AvgIpc) is 2.58. The van der Waals surface area contributed by atoms with Crippen molar-refractivity contribution < 1.29 is 14.3 Å². The molecule has 3 aromatic rings. The smallest absolute Gasteiger partial charge is 0.349 e. The molecule has 0 saturated heterocycles. The maximum Gasteiger partial charge on any atom is 0.349 e. The summed E-state index contributed by atoms with van der Waals surface area (Å²) in [7, 11) is 0. The van der Waals surface area contributed by atoms with E-state index in [1.54, 1.807) is 24.3 Å². The van der Waals surface area contributed by atoms with Gasteiger partial charge in [0.15, 0.2) is 6.61 Å². The monoisotopic (exact) mass is 360 g/mol. The van der Waals surface area contributed by atoms with Crippen LogP contribution >= 0.6 is 23.2 Å². The number of halogens is 2. The van der Waals surface area contributed by atoms with Gasteiger partial charge in [0.05, 0.1) is 5.02 Å². The lowest BCUT2D eigenvalue weighted by molar-refractivity contribution is -0.136. The van der Waals surface area contributed by atoms with Crippen LogP contribution in [-0.2, 0) is 4.79 Å². The number of hydrogen-bond acceptors (Lipinski definition) is 3. The normalized spacial score (nSPS) is 10.6. The number of esters is 1. The fraction of sp³-hybridized carbons (Fsp3) is 0.105. The van der Waals surface area contributed by atoms with E-state index < -0.39 is 5.97 Å². The van der Waals surface area contributed by atoms with Crippen LogP contribution in [0.3, 0.4) is 0 Å². The predicted octanol–water partition coefficient (Wildman–Crippen LogP) is 5.44. The van der Waals surface area contributed by atoms with Crippen LogP contribution in [0.15, 0.2) is 54.6 Å². The Kier molecular flexibility index (Phi) is 4.93. The van der Waals surface area contributed by atoms with E-state index in [4.69, 9.17) is 32.7 Å². The second-order valence-corrected chi connectivity index (χ2v) is 6.10. The second kappa shape index (κ2) is 7.12. The molecule has 3 nitrogen and oxygen atoms in total. The zero-order valence-corrected chi connectivity index (χ0v) is 14.4. The molecule has 0 bridgehead atoms. The molecular weight excluding hydrogens is 347 g/mol. The van der Waals surface area contributed by atoms with E-state index >= 15 is 0 Å². The number of hydrogen-bond donors (Lipinski definition) is 0. The SMILES string of the molecule is Cc1ccc(Cl)c(OCC(=O)Oc2ccc(Cl)c3ccccc23)c1. The van der Waals surface area contributed by atoms with Gasteiger partial charge in [-0.25, -0.2) is 4.79 Å². The molecule has 0 N–H and O–H groups in total. The van der Waals surface area contributed by atoms with E-state index in [0.717, 1.165) is 16.3 Å². The van der Waals surface area contributed by atoms with Crippen LogP contribution in [0.1, 0.15) is 5.56 Å². The van der Waals surface area contributed by atoms with Crippen molar-refractivity contribution in [2.24, 2.45) is 0 Å². The Balaban J connectivity index is 1.74. The summed E-state index contributed by atoms with van der Waals surface area (Å²) in [6.07, 6.45) is 0. The quantitative estimate of drug-likeness (QED) is 0.459. The molecule has 3 rings (SSSR count). The lowest BCUT2D eigenvalue weighted by Crippen LogP contribution is -2.18. The molecular formula is C19H14Cl2O3. The maximum absolute atomic E-state index is 12.1. The van der Waals surface area contributed by atoms with Gasteiger partial charge in [0.2, 0.25) is 0 Å². The van der Waals surface area contributed by atoms with Gasteiger partial charge in [-0.1, -0.05) is 53.5 Å². The highest BCUT2D eigenvalue weighted by molar-refractivity contribution is 6.35. The fourth-order valence-corrected chi connectivity index (χ4v) is 2.73. The van der Waals surface area contributed by atoms with Gasteiger partial charge in [0.1, 0.15) is 11.5 Å². The van der Waals surface area contributed by atoms with Crippen LogP contribution in [0.4, 0.5) is 0 Å². The first-order valence-corrected chi connectivity index (χ1v) is 8.07. The summed E-state index contributed by atoms with van der Waals surface area (Å²) in [6, 6.07) is 16.2. The largest absolute Gasteiger partial charge is 0.480 e. The Bertz CT molecular complexity index is 906. The lowest BCUT2D eigenvalue weighted by Gasteiger charge is -2.11. The molecule has 0 spiro atoms. The highest BCUT2D eigenvalue weighted by Crippen LogP contribution is 2.31. The summed E-state index contributed by atoms with van der Waals surface area (Å²) in [5.41, 5.74) is 0.992. The third kappa shape index (κ3) is 3.64. The lowest BCUT2D eigenvalue weighted by atomic mass is 10.1. The summed E-state index contributed by atoms with van der Waals surface area (Å²) in [4.78, 5) is 12.1. The summed E-state index contributed by atoms with van der Waals surface area (Å²) >= 11 is 12.2. The van der Waals surface area contributed by atoms with Gasteiger partial charge in [0, 0.05) is 15.8 Å². The minimum absolute atomic E-state index is 0.236. The fourth-order valence-electron chi connectivity index (χ4n) is 2.33. The Labute approximate surface area is 149 Å². The van der Waals surface area contributed by atoms with Crippen LogP contribution in [0.5, 0.6) is 11.5 Å². The number of aryl methyl sites for hydroxylation is 1. The number of fused-ring (bicyclic) bond motifs is 1. The molecule has 122 valence electrons. The first-order valence-electron chi connectivity index (χ1n) is 7.31. The Hall–Kier alpha value is -2.23. The standard InChI is InChI=1S/C19H14Cl2O3/c1-12-6-7-16(21)18(10-12)23-11-19(22)24-17-9-8-15(20)13-4-2-3-5-14(13)17/h2-10H,11H2,1H3. The van der Waals surface area contributed by atoms with Gasteiger partial charge in [0.25, 0.3) is 0 Å². The highest BCUT2D eigenvalue weighted by atomic mass is 35.5. The minimum atomic E-state index is -0.514. The van der Waals surface area contributed by atoms with Crippen LogP contribution in [-0.4, -0.2) is 12.6 Å². The van der Waals surface area contributed by atoms with Gasteiger partial charge >= 0.3 is 5.97 Å². The van der Waals surface area contributed by atoms with Gasteiger partial charge in [-0.05, 0) is 36.8 Å². The van der Waals surface area contributed by atoms with Crippen molar-refractivity contribution in [2.45, 2.75) is 6.92 Å². The summed E-state index contributed by atoms with van der Waals surface area (Å²) in [5.74, 6) is 0.383. The molecule has 0 aliphatic rings. The molecule has 0 aliphatic heterocycles. The number of carbonyl (C=O) groups excluding carboxylic acids is 1. The highest BCUT2D eigenvalue weighted by Gasteiger charge is 2.12. The van der Waals surface area contributed by atoms with Crippen molar-refractivity contribution in [3.63, 3.8) is 0 Å². The van der Waals surface area contributed by atoms with Crippen molar-refractivity contribution in [1.82, 2.24) is 0 Å². The number of carbonyl (C=O) groups is 1. The van der Waals surface area contributed by atoms with E-state index in [2.05, 4.69) is 0 Å². The molecule has 0 aromatic heterocycles. The molecule has 0 saturated carbocycles. The van der Waals surface area contributed by atoms with Crippen molar-refractivity contribution in [1.29, 1.82) is 0 Å². The number of rotatable bonds is 4. The molecule has 0 fully saturated rings. The van der Waals surface area contributed by atoms with Crippen molar-refractivity contribution >= 4 is 39.9 Å². The topological polar surface area (TPSA) is 35.5 Å². The van der Waals surface area contributed by atoms with Crippen molar-refractivity contribution in [3.8, 4) is 11.5 Å². The molecule has 24 heavy (non-hydrogen) atoms. The van der Waals surface area contributed by atoms with Crippen LogP contribution in [0.2, 0.25) is 10.0 Å². The molecule has 0 aliphatic carbocycles. The molecule has 5 heteroatoms. The van der Waals surface area contributed by atoms with Crippen LogP contribution in [0.25, 0.3) is 10.8 Å². The van der Waals surface area contributed by atoms with Gasteiger partial charge < -0.3 is 9.47 Å². The van der Waals surface area contributed by atoms with Gasteiger partial charge in [-0.2, -0.15) is 0 Å². The van der Waals surface area contributed by atoms with Crippen molar-refractivity contribution in [3.05, 3.63) is 70.2 Å². The van der Waals surface area contributed by atoms with E-state index in [1.807, 2.05) is 37.3 Å². The summed E-state index contributed by atoms with van der Waals surface area (Å²) in [6.45, 7) is 1.68. The van der Waals surface area contributed by atoms with E-state index in [-0.39, 0.29) is 6.61 Å². The van der Waals surface area contributed by atoms with Crippen molar-refractivity contribution in [2.75, 3.05) is 6.61 Å². The third-order valence-corrected chi connectivity index (χ3v) is 4.13. The Morgan fingerprint density at radius 3 is 2.42 bits per heavy atom.